The van der Waals surface area contributed by atoms with Gasteiger partial charge in [0.15, 0.2) is 0 Å². The van der Waals surface area contributed by atoms with Crippen molar-refractivity contribution in [3.63, 3.8) is 0 Å². The van der Waals surface area contributed by atoms with Crippen molar-refractivity contribution in [3.05, 3.63) is 38.9 Å². The van der Waals surface area contributed by atoms with Gasteiger partial charge >= 0.3 is 0 Å². The minimum atomic E-state index is -0.613. The molecule has 0 bridgehead atoms. The standard InChI is InChI=1S/C12H14BrClN2O3/c1-3-12(2,7-13)15-11(17)9-5-4-8(14)6-10(9)16(18)19/h4-6H,3,7H2,1-2H3,(H,15,17). The van der Waals surface area contributed by atoms with Crippen LogP contribution in [0.2, 0.25) is 5.02 Å². The molecule has 0 aromatic heterocycles. The van der Waals surface area contributed by atoms with Gasteiger partial charge in [-0.05, 0) is 25.5 Å². The molecule has 104 valence electrons. The van der Waals surface area contributed by atoms with Crippen molar-refractivity contribution < 1.29 is 9.72 Å². The Morgan fingerprint density at radius 2 is 2.21 bits per heavy atom. The number of nitro benzene ring substituents is 1. The van der Waals surface area contributed by atoms with Crippen LogP contribution in [0.15, 0.2) is 18.2 Å². The van der Waals surface area contributed by atoms with Gasteiger partial charge in [-0.1, -0.05) is 34.5 Å². The summed E-state index contributed by atoms with van der Waals surface area (Å²) in [7, 11) is 0. The maximum atomic E-state index is 12.1. The number of amides is 1. The normalized spacial score (nSPS) is 13.7. The van der Waals surface area contributed by atoms with E-state index >= 15 is 0 Å². The summed E-state index contributed by atoms with van der Waals surface area (Å²) in [6.07, 6.45) is 0.700. The van der Waals surface area contributed by atoms with Gasteiger partial charge in [0.05, 0.1) is 4.92 Å². The van der Waals surface area contributed by atoms with Gasteiger partial charge in [-0.25, -0.2) is 0 Å². The highest BCUT2D eigenvalue weighted by Gasteiger charge is 2.27. The summed E-state index contributed by atoms with van der Waals surface area (Å²) in [5.74, 6) is -0.479. The molecule has 0 aliphatic rings. The SMILES string of the molecule is CCC(C)(CBr)NC(=O)c1ccc(Cl)cc1[N+](=O)[O-]. The fraction of sp³-hybridized carbons (Fsp3) is 0.417. The number of hydrogen-bond donors (Lipinski definition) is 1. The Hall–Kier alpha value is -1.14. The van der Waals surface area contributed by atoms with E-state index in [1.54, 1.807) is 0 Å². The zero-order valence-electron chi connectivity index (χ0n) is 10.6. The summed E-state index contributed by atoms with van der Waals surface area (Å²) < 4.78 is 0. The van der Waals surface area contributed by atoms with Gasteiger partial charge in [0, 0.05) is 22.0 Å². The molecule has 1 unspecified atom stereocenters. The van der Waals surface area contributed by atoms with E-state index < -0.39 is 16.4 Å². The number of nitrogens with zero attached hydrogens (tertiary/aromatic N) is 1. The van der Waals surface area contributed by atoms with Gasteiger partial charge in [0.25, 0.3) is 11.6 Å². The number of nitro groups is 1. The fourth-order valence-corrected chi connectivity index (χ4v) is 2.11. The third-order valence-electron chi connectivity index (χ3n) is 2.89. The first kappa shape index (κ1) is 15.9. The summed E-state index contributed by atoms with van der Waals surface area (Å²) in [6.45, 7) is 3.79. The molecule has 19 heavy (non-hydrogen) atoms. The summed E-state index contributed by atoms with van der Waals surface area (Å²) in [5.41, 5.74) is -0.738. The lowest BCUT2D eigenvalue weighted by Crippen LogP contribution is -2.47. The molecule has 5 nitrogen and oxygen atoms in total. The minimum absolute atomic E-state index is 0.00928. The lowest BCUT2D eigenvalue weighted by atomic mass is 10.0. The minimum Gasteiger partial charge on any atom is -0.346 e. The van der Waals surface area contributed by atoms with E-state index in [2.05, 4.69) is 21.2 Å². The number of benzene rings is 1. The Bertz CT molecular complexity index is 504. The van der Waals surface area contributed by atoms with E-state index in [0.29, 0.717) is 11.8 Å². The largest absolute Gasteiger partial charge is 0.346 e. The Balaban J connectivity index is 3.10. The van der Waals surface area contributed by atoms with Crippen LogP contribution in [0.3, 0.4) is 0 Å². The van der Waals surface area contributed by atoms with Crippen LogP contribution >= 0.6 is 27.5 Å². The van der Waals surface area contributed by atoms with Crippen molar-refractivity contribution in [2.45, 2.75) is 25.8 Å². The number of carbonyl (C=O) groups is 1. The van der Waals surface area contributed by atoms with Crippen LogP contribution < -0.4 is 5.32 Å². The highest BCUT2D eigenvalue weighted by molar-refractivity contribution is 9.09. The molecule has 0 radical (unpaired) electrons. The van der Waals surface area contributed by atoms with E-state index in [1.807, 2.05) is 13.8 Å². The molecule has 1 N–H and O–H groups in total. The molecule has 0 aliphatic heterocycles. The maximum Gasteiger partial charge on any atom is 0.283 e. The van der Waals surface area contributed by atoms with Crippen molar-refractivity contribution in [2.75, 3.05) is 5.33 Å². The van der Waals surface area contributed by atoms with E-state index in [4.69, 9.17) is 11.6 Å². The van der Waals surface area contributed by atoms with Crippen molar-refractivity contribution in [2.24, 2.45) is 0 Å². The average molecular weight is 350 g/mol. The highest BCUT2D eigenvalue weighted by Crippen LogP contribution is 2.24. The van der Waals surface area contributed by atoms with Gasteiger partial charge in [-0.3, -0.25) is 14.9 Å². The Kier molecular flexibility index (Phi) is 5.31. The van der Waals surface area contributed by atoms with Crippen LogP contribution in [0.1, 0.15) is 30.6 Å². The molecule has 1 atom stereocenters. The number of alkyl halides is 1. The summed E-state index contributed by atoms with van der Waals surface area (Å²) >= 11 is 9.03. The molecule has 0 saturated heterocycles. The molecule has 0 saturated carbocycles. The van der Waals surface area contributed by atoms with E-state index in [1.165, 1.54) is 18.2 Å². The molecule has 0 spiro atoms. The molecule has 1 aromatic carbocycles. The average Bonchev–Trinajstić information content (AvgIpc) is 2.38. The second kappa shape index (κ2) is 6.34. The lowest BCUT2D eigenvalue weighted by molar-refractivity contribution is -0.385. The number of carbonyl (C=O) groups excluding carboxylic acids is 1. The third-order valence-corrected chi connectivity index (χ3v) is 4.36. The molecule has 1 amide bonds. The molecule has 0 aliphatic carbocycles. The van der Waals surface area contributed by atoms with Gasteiger partial charge < -0.3 is 5.32 Å². The van der Waals surface area contributed by atoms with Gasteiger partial charge in [0.2, 0.25) is 0 Å². The monoisotopic (exact) mass is 348 g/mol. The highest BCUT2D eigenvalue weighted by atomic mass is 79.9. The molecule has 0 heterocycles. The van der Waals surface area contributed by atoms with Crippen molar-refractivity contribution in [1.82, 2.24) is 5.32 Å². The zero-order chi connectivity index (χ0) is 14.6. The fourth-order valence-electron chi connectivity index (χ4n) is 1.41. The molecule has 0 fully saturated rings. The summed E-state index contributed by atoms with van der Waals surface area (Å²) in [6, 6.07) is 3.99. The van der Waals surface area contributed by atoms with Crippen molar-refractivity contribution in [3.8, 4) is 0 Å². The zero-order valence-corrected chi connectivity index (χ0v) is 12.9. The molecule has 7 heteroatoms. The topological polar surface area (TPSA) is 72.2 Å². The van der Waals surface area contributed by atoms with Crippen LogP contribution in [-0.4, -0.2) is 21.7 Å². The molecule has 1 rings (SSSR count). The van der Waals surface area contributed by atoms with Crippen LogP contribution in [0, 0.1) is 10.1 Å². The van der Waals surface area contributed by atoms with Crippen LogP contribution in [0.5, 0.6) is 0 Å². The number of nitrogens with one attached hydrogen (secondary N) is 1. The van der Waals surface area contributed by atoms with E-state index in [0.717, 1.165) is 0 Å². The maximum absolute atomic E-state index is 12.1. The predicted molar refractivity (Wildman–Crippen MR) is 78.1 cm³/mol. The first-order valence-electron chi connectivity index (χ1n) is 5.65. The second-order valence-corrected chi connectivity index (χ2v) is 5.42. The first-order chi connectivity index (χ1) is 8.83. The van der Waals surface area contributed by atoms with Crippen molar-refractivity contribution in [1.29, 1.82) is 0 Å². The van der Waals surface area contributed by atoms with Crippen LogP contribution in [0.4, 0.5) is 5.69 Å². The summed E-state index contributed by atoms with van der Waals surface area (Å²) in [5, 5.41) is 14.5. The van der Waals surface area contributed by atoms with Crippen LogP contribution in [0.25, 0.3) is 0 Å². The number of halogens is 2. The third kappa shape index (κ3) is 3.91. The van der Waals surface area contributed by atoms with Gasteiger partial charge in [-0.2, -0.15) is 0 Å². The second-order valence-electron chi connectivity index (χ2n) is 4.42. The predicted octanol–water partition coefficient (Wildman–Crippen LogP) is 3.54. The summed E-state index contributed by atoms with van der Waals surface area (Å²) in [4.78, 5) is 22.5. The van der Waals surface area contributed by atoms with Gasteiger partial charge in [-0.15, -0.1) is 0 Å². The van der Waals surface area contributed by atoms with Crippen molar-refractivity contribution >= 4 is 39.1 Å². The first-order valence-corrected chi connectivity index (χ1v) is 7.15. The Morgan fingerprint density at radius 1 is 1.58 bits per heavy atom. The van der Waals surface area contributed by atoms with Gasteiger partial charge in [0.1, 0.15) is 5.56 Å². The number of hydrogen-bond acceptors (Lipinski definition) is 3. The Labute approximate surface area is 124 Å². The molecular formula is C12H14BrClN2O3. The van der Waals surface area contributed by atoms with E-state index in [9.17, 15) is 14.9 Å². The number of rotatable bonds is 5. The molecule has 1 aromatic rings. The quantitative estimate of drug-likeness (QED) is 0.502. The van der Waals surface area contributed by atoms with Crippen LogP contribution in [-0.2, 0) is 0 Å². The lowest BCUT2D eigenvalue weighted by Gasteiger charge is -2.27. The molecular weight excluding hydrogens is 336 g/mol. The van der Waals surface area contributed by atoms with E-state index in [-0.39, 0.29) is 16.3 Å². The Morgan fingerprint density at radius 3 is 2.68 bits per heavy atom. The smallest absolute Gasteiger partial charge is 0.283 e.